The van der Waals surface area contributed by atoms with E-state index in [0.29, 0.717) is 0 Å². The van der Waals surface area contributed by atoms with E-state index in [1.54, 1.807) is 0 Å². The Morgan fingerprint density at radius 2 is 2.12 bits per heavy atom. The van der Waals surface area contributed by atoms with Crippen LogP contribution in [0.2, 0.25) is 0 Å². The summed E-state index contributed by atoms with van der Waals surface area (Å²) in [6.07, 6.45) is 6.64. The van der Waals surface area contributed by atoms with Gasteiger partial charge in [0.25, 0.3) is 0 Å². The Morgan fingerprint density at radius 3 is 2.81 bits per heavy atom. The van der Waals surface area contributed by atoms with Crippen molar-refractivity contribution in [3.05, 3.63) is 11.6 Å². The maximum atomic E-state index is 11.5. The third-order valence-corrected chi connectivity index (χ3v) is 3.33. The van der Waals surface area contributed by atoms with E-state index in [0.717, 1.165) is 45.3 Å². The van der Waals surface area contributed by atoms with Gasteiger partial charge in [-0.15, -0.1) is 0 Å². The molecule has 1 aliphatic carbocycles. The third kappa shape index (κ3) is 3.16. The van der Waals surface area contributed by atoms with Gasteiger partial charge >= 0.3 is 0 Å². The van der Waals surface area contributed by atoms with Crippen molar-refractivity contribution in [2.75, 3.05) is 13.2 Å². The van der Waals surface area contributed by atoms with Gasteiger partial charge in [0.2, 0.25) is 0 Å². The van der Waals surface area contributed by atoms with Crippen LogP contribution in [0.4, 0.5) is 0 Å². The number of hydrogen-bond donors (Lipinski definition) is 0. The van der Waals surface area contributed by atoms with Gasteiger partial charge in [-0.25, -0.2) is 0 Å². The molecule has 0 bridgehead atoms. The maximum Gasteiger partial charge on any atom is 0.158 e. The highest BCUT2D eigenvalue weighted by molar-refractivity contribution is 5.92. The molecule has 0 unspecified atom stereocenters. The van der Waals surface area contributed by atoms with Crippen molar-refractivity contribution in [1.82, 2.24) is 0 Å². The first kappa shape index (κ1) is 11.8. The van der Waals surface area contributed by atoms with Crippen molar-refractivity contribution >= 4 is 5.78 Å². The molecule has 0 aromatic heterocycles. The summed E-state index contributed by atoms with van der Waals surface area (Å²) in [6, 6.07) is 0. The molecular weight excluding hydrogens is 204 g/mol. The van der Waals surface area contributed by atoms with E-state index in [2.05, 4.69) is 0 Å². The Morgan fingerprint density at radius 1 is 1.38 bits per heavy atom. The zero-order valence-electron chi connectivity index (χ0n) is 9.91. The normalized spacial score (nSPS) is 27.9. The summed E-state index contributed by atoms with van der Waals surface area (Å²) in [6.45, 7) is 3.61. The second kappa shape index (κ2) is 5.60. The summed E-state index contributed by atoms with van der Waals surface area (Å²) in [5.74, 6) is 0.498. The highest BCUT2D eigenvalue weighted by Crippen LogP contribution is 2.25. The molecule has 1 heterocycles. The molecule has 90 valence electrons. The lowest BCUT2D eigenvalue weighted by atomic mass is 9.88. The topological polar surface area (TPSA) is 35.5 Å². The first-order chi connectivity index (χ1) is 7.75. The Balaban J connectivity index is 1.77. The Labute approximate surface area is 96.8 Å². The van der Waals surface area contributed by atoms with Crippen molar-refractivity contribution in [2.45, 2.75) is 45.3 Å². The van der Waals surface area contributed by atoms with Gasteiger partial charge in [0.1, 0.15) is 0 Å². The molecule has 1 atom stereocenters. The van der Waals surface area contributed by atoms with E-state index in [4.69, 9.17) is 9.47 Å². The van der Waals surface area contributed by atoms with Crippen LogP contribution in [0.5, 0.6) is 0 Å². The van der Waals surface area contributed by atoms with Gasteiger partial charge in [0.15, 0.2) is 12.1 Å². The van der Waals surface area contributed by atoms with Gasteiger partial charge in [0, 0.05) is 12.3 Å². The largest absolute Gasteiger partial charge is 0.353 e. The predicted octanol–water partition coefficient (Wildman–Crippen LogP) is 2.46. The van der Waals surface area contributed by atoms with Crippen molar-refractivity contribution in [1.29, 1.82) is 0 Å². The third-order valence-electron chi connectivity index (χ3n) is 3.33. The Bertz CT molecular complexity index is 277. The van der Waals surface area contributed by atoms with Crippen LogP contribution in [0.3, 0.4) is 0 Å². The molecule has 0 amide bonds. The first-order valence-electron chi connectivity index (χ1n) is 6.22. The molecule has 0 N–H and O–H groups in total. The van der Waals surface area contributed by atoms with Gasteiger partial charge < -0.3 is 9.47 Å². The molecule has 0 aromatic carbocycles. The summed E-state index contributed by atoms with van der Waals surface area (Å²) in [4.78, 5) is 11.5. The van der Waals surface area contributed by atoms with Crippen molar-refractivity contribution in [3.8, 4) is 0 Å². The Kier molecular flexibility index (Phi) is 4.13. The number of allylic oxidation sites excluding steroid dienone is 2. The van der Waals surface area contributed by atoms with Crippen LogP contribution >= 0.6 is 0 Å². The average molecular weight is 224 g/mol. The van der Waals surface area contributed by atoms with Gasteiger partial charge in [-0.3, -0.25) is 4.79 Å². The zero-order valence-corrected chi connectivity index (χ0v) is 9.91. The SMILES string of the molecule is C[C@@H]1CCC(CCC2OCCCO2)=CC1=O. The lowest BCUT2D eigenvalue weighted by molar-refractivity contribution is -0.180. The lowest BCUT2D eigenvalue weighted by Gasteiger charge is -2.24. The lowest BCUT2D eigenvalue weighted by Crippen LogP contribution is -2.25. The van der Waals surface area contributed by atoms with Crippen LogP contribution in [0.15, 0.2) is 11.6 Å². The minimum atomic E-state index is -0.0518. The second-order valence-electron chi connectivity index (χ2n) is 4.71. The zero-order chi connectivity index (χ0) is 11.4. The van der Waals surface area contributed by atoms with Gasteiger partial charge in [-0.1, -0.05) is 12.5 Å². The first-order valence-corrected chi connectivity index (χ1v) is 6.22. The van der Waals surface area contributed by atoms with E-state index >= 15 is 0 Å². The summed E-state index contributed by atoms with van der Waals surface area (Å²) in [7, 11) is 0. The van der Waals surface area contributed by atoms with Crippen LogP contribution in [0, 0.1) is 5.92 Å². The van der Waals surface area contributed by atoms with Crippen LogP contribution in [-0.2, 0) is 14.3 Å². The summed E-state index contributed by atoms with van der Waals surface area (Å²) < 4.78 is 11.0. The fourth-order valence-electron chi connectivity index (χ4n) is 2.16. The van der Waals surface area contributed by atoms with Crippen molar-refractivity contribution in [2.24, 2.45) is 5.92 Å². The highest BCUT2D eigenvalue weighted by Gasteiger charge is 2.19. The minimum Gasteiger partial charge on any atom is -0.353 e. The molecule has 0 saturated carbocycles. The molecule has 0 spiro atoms. The number of carbonyl (C=O) groups excluding carboxylic acids is 1. The molecule has 0 radical (unpaired) electrons. The smallest absolute Gasteiger partial charge is 0.158 e. The van der Waals surface area contributed by atoms with Crippen LogP contribution in [0.25, 0.3) is 0 Å². The number of rotatable bonds is 3. The maximum absolute atomic E-state index is 11.5. The van der Waals surface area contributed by atoms with Crippen LogP contribution in [0.1, 0.15) is 39.0 Å². The number of hydrogen-bond acceptors (Lipinski definition) is 3. The average Bonchev–Trinajstić information content (AvgIpc) is 2.32. The van der Waals surface area contributed by atoms with Gasteiger partial charge in [-0.05, 0) is 31.8 Å². The molecule has 16 heavy (non-hydrogen) atoms. The molecule has 2 rings (SSSR count). The standard InChI is InChI=1S/C13H20O3/c1-10-3-4-11(9-12(10)14)5-6-13-15-7-2-8-16-13/h9-10,13H,2-8H2,1H3/t10-/m1/s1. The van der Waals surface area contributed by atoms with E-state index < -0.39 is 0 Å². The van der Waals surface area contributed by atoms with Gasteiger partial charge in [0.05, 0.1) is 13.2 Å². The minimum absolute atomic E-state index is 0.0518. The summed E-state index contributed by atoms with van der Waals surface area (Å²) in [5.41, 5.74) is 1.26. The van der Waals surface area contributed by atoms with Crippen LogP contribution < -0.4 is 0 Å². The van der Waals surface area contributed by atoms with E-state index in [1.807, 2.05) is 13.0 Å². The molecule has 1 aliphatic heterocycles. The molecule has 2 aliphatic rings. The number of ether oxygens (including phenoxy) is 2. The van der Waals surface area contributed by atoms with Crippen molar-refractivity contribution in [3.63, 3.8) is 0 Å². The van der Waals surface area contributed by atoms with E-state index in [1.165, 1.54) is 5.57 Å². The highest BCUT2D eigenvalue weighted by atomic mass is 16.7. The summed E-state index contributed by atoms with van der Waals surface area (Å²) >= 11 is 0. The fraction of sp³-hybridized carbons (Fsp3) is 0.769. The van der Waals surface area contributed by atoms with E-state index in [-0.39, 0.29) is 18.0 Å². The van der Waals surface area contributed by atoms with Crippen molar-refractivity contribution < 1.29 is 14.3 Å². The van der Waals surface area contributed by atoms with E-state index in [9.17, 15) is 4.79 Å². The second-order valence-corrected chi connectivity index (χ2v) is 4.71. The fourth-order valence-corrected chi connectivity index (χ4v) is 2.16. The molecule has 3 nitrogen and oxygen atoms in total. The monoisotopic (exact) mass is 224 g/mol. The predicted molar refractivity (Wildman–Crippen MR) is 61.0 cm³/mol. The number of ketones is 1. The molecular formula is C13H20O3. The molecule has 1 fully saturated rings. The Hall–Kier alpha value is -0.670. The summed E-state index contributed by atoms with van der Waals surface area (Å²) in [5, 5.41) is 0. The quantitative estimate of drug-likeness (QED) is 0.738. The molecule has 1 saturated heterocycles. The van der Waals surface area contributed by atoms with Gasteiger partial charge in [-0.2, -0.15) is 0 Å². The number of carbonyl (C=O) groups is 1. The molecule has 0 aromatic rings. The van der Waals surface area contributed by atoms with Crippen LogP contribution in [-0.4, -0.2) is 25.3 Å². The molecule has 3 heteroatoms.